The fourth-order valence-corrected chi connectivity index (χ4v) is 5.40. The van der Waals surface area contributed by atoms with Gasteiger partial charge in [-0.05, 0) is 49.2 Å². The Morgan fingerprint density at radius 3 is 2.41 bits per heavy atom. The first-order valence-electron chi connectivity index (χ1n) is 10.4. The van der Waals surface area contributed by atoms with Crippen molar-refractivity contribution in [3.8, 4) is 5.69 Å². The van der Waals surface area contributed by atoms with E-state index in [4.69, 9.17) is 0 Å². The fraction of sp³-hybridized carbons (Fsp3) is 0.304. The van der Waals surface area contributed by atoms with Crippen molar-refractivity contribution < 1.29 is 17.6 Å². The number of nitrogens with zero attached hydrogens (tertiary/aromatic N) is 4. The maximum absolute atomic E-state index is 13.1. The highest BCUT2D eigenvalue weighted by atomic mass is 32.2. The third kappa shape index (κ3) is 4.73. The summed E-state index contributed by atoms with van der Waals surface area (Å²) in [4.78, 5) is 14.7. The van der Waals surface area contributed by atoms with Crippen LogP contribution in [0.1, 0.15) is 18.4 Å². The summed E-state index contributed by atoms with van der Waals surface area (Å²) in [5, 5.41) is 4.36. The van der Waals surface area contributed by atoms with Crippen LogP contribution in [-0.4, -0.2) is 53.4 Å². The molecule has 0 bridgehead atoms. The van der Waals surface area contributed by atoms with Gasteiger partial charge >= 0.3 is 0 Å². The Balaban J connectivity index is 1.34. The molecule has 0 spiro atoms. The third-order valence-electron chi connectivity index (χ3n) is 5.71. The van der Waals surface area contributed by atoms with E-state index in [-0.39, 0.29) is 29.8 Å². The van der Waals surface area contributed by atoms with Crippen LogP contribution in [-0.2, 0) is 21.4 Å². The molecule has 1 aliphatic heterocycles. The van der Waals surface area contributed by atoms with Crippen LogP contribution >= 0.6 is 0 Å². The number of halogens is 1. The summed E-state index contributed by atoms with van der Waals surface area (Å²) in [5.74, 6) is -0.717. The predicted octanol–water partition coefficient (Wildman–Crippen LogP) is 3.07. The molecular weight excluding hydrogens is 431 g/mol. The number of aromatic nitrogens is 2. The summed E-state index contributed by atoms with van der Waals surface area (Å²) >= 11 is 0. The number of sulfonamides is 1. The Morgan fingerprint density at radius 2 is 1.75 bits per heavy atom. The maximum atomic E-state index is 13.1. The highest BCUT2D eigenvalue weighted by Gasteiger charge is 2.33. The summed E-state index contributed by atoms with van der Waals surface area (Å²) in [6.45, 7) is 0.950. The minimum absolute atomic E-state index is 0.00343. The zero-order valence-electron chi connectivity index (χ0n) is 17.8. The molecule has 0 N–H and O–H groups in total. The Labute approximate surface area is 187 Å². The van der Waals surface area contributed by atoms with Crippen LogP contribution in [0.3, 0.4) is 0 Å². The summed E-state index contributed by atoms with van der Waals surface area (Å²) in [6.07, 6.45) is 4.55. The van der Waals surface area contributed by atoms with Crippen LogP contribution in [0.2, 0.25) is 0 Å². The van der Waals surface area contributed by atoms with Crippen molar-refractivity contribution in [2.45, 2.75) is 24.3 Å². The number of para-hydroxylation sites is 1. The van der Waals surface area contributed by atoms with E-state index in [1.165, 1.54) is 16.4 Å². The second-order valence-corrected chi connectivity index (χ2v) is 9.89. The molecule has 2 aromatic carbocycles. The standard InChI is InChI=1S/C23H25FN4O3S/c1-26(16-18-15-25-28(17-18)21-5-3-2-4-6-21)23(29)19-11-13-27(14-12-19)32(30,31)22-9-7-20(24)8-10-22/h2-10,15,17,19H,11-14,16H2,1H3. The molecule has 9 heteroatoms. The van der Waals surface area contributed by atoms with Gasteiger partial charge in [-0.3, -0.25) is 4.79 Å². The van der Waals surface area contributed by atoms with Crippen LogP contribution in [0.4, 0.5) is 4.39 Å². The van der Waals surface area contributed by atoms with Crippen molar-refractivity contribution in [1.82, 2.24) is 19.0 Å². The second-order valence-electron chi connectivity index (χ2n) is 7.96. The van der Waals surface area contributed by atoms with E-state index in [9.17, 15) is 17.6 Å². The molecule has 168 valence electrons. The number of hydrogen-bond acceptors (Lipinski definition) is 4. The predicted molar refractivity (Wildman–Crippen MR) is 118 cm³/mol. The normalized spacial score (nSPS) is 15.6. The van der Waals surface area contributed by atoms with Crippen LogP contribution in [0, 0.1) is 11.7 Å². The van der Waals surface area contributed by atoms with Crippen molar-refractivity contribution >= 4 is 15.9 Å². The van der Waals surface area contributed by atoms with Crippen LogP contribution in [0.25, 0.3) is 5.69 Å². The van der Waals surface area contributed by atoms with E-state index >= 15 is 0 Å². The molecule has 4 rings (SSSR count). The van der Waals surface area contributed by atoms with Gasteiger partial charge in [-0.25, -0.2) is 17.5 Å². The summed E-state index contributed by atoms with van der Waals surface area (Å²) in [5.41, 5.74) is 1.86. The lowest BCUT2D eigenvalue weighted by atomic mass is 9.96. The van der Waals surface area contributed by atoms with Gasteiger partial charge < -0.3 is 4.90 Å². The largest absolute Gasteiger partial charge is 0.341 e. The van der Waals surface area contributed by atoms with Crippen LogP contribution in [0.15, 0.2) is 71.9 Å². The van der Waals surface area contributed by atoms with Crippen LogP contribution in [0.5, 0.6) is 0 Å². The molecule has 1 aromatic heterocycles. The molecule has 0 atom stereocenters. The van der Waals surface area contributed by atoms with Gasteiger partial charge in [0.15, 0.2) is 0 Å². The first kappa shape index (κ1) is 22.2. The van der Waals surface area contributed by atoms with Gasteiger partial charge in [0, 0.05) is 44.4 Å². The molecule has 3 aromatic rings. The molecule has 0 aliphatic carbocycles. The Hall–Kier alpha value is -3.04. The number of piperidine rings is 1. The van der Waals surface area contributed by atoms with Gasteiger partial charge in [-0.2, -0.15) is 9.40 Å². The molecule has 2 heterocycles. The van der Waals surface area contributed by atoms with Crippen molar-refractivity contribution in [2.24, 2.45) is 5.92 Å². The monoisotopic (exact) mass is 456 g/mol. The van der Waals surface area contributed by atoms with Crippen molar-refractivity contribution in [3.05, 3.63) is 78.4 Å². The lowest BCUT2D eigenvalue weighted by Gasteiger charge is -2.32. The molecule has 0 saturated carbocycles. The molecular formula is C23H25FN4O3S. The van der Waals surface area contributed by atoms with Gasteiger partial charge in [-0.15, -0.1) is 0 Å². The van der Waals surface area contributed by atoms with Crippen molar-refractivity contribution in [2.75, 3.05) is 20.1 Å². The topological polar surface area (TPSA) is 75.5 Å². The van der Waals surface area contributed by atoms with Crippen molar-refractivity contribution in [1.29, 1.82) is 0 Å². The van der Waals surface area contributed by atoms with E-state index in [2.05, 4.69) is 5.10 Å². The molecule has 0 radical (unpaired) electrons. The maximum Gasteiger partial charge on any atom is 0.243 e. The van der Waals surface area contributed by atoms with Crippen molar-refractivity contribution in [3.63, 3.8) is 0 Å². The number of rotatable bonds is 6. The lowest BCUT2D eigenvalue weighted by molar-refractivity contribution is -0.135. The first-order valence-corrected chi connectivity index (χ1v) is 11.9. The Morgan fingerprint density at radius 1 is 1.09 bits per heavy atom. The summed E-state index contributed by atoms with van der Waals surface area (Å²) in [7, 11) is -1.94. The van der Waals surface area contributed by atoms with E-state index in [1.54, 1.807) is 22.8 Å². The smallest absolute Gasteiger partial charge is 0.243 e. The van der Waals surface area contributed by atoms with Gasteiger partial charge in [0.1, 0.15) is 5.82 Å². The average molecular weight is 457 g/mol. The molecule has 7 nitrogen and oxygen atoms in total. The minimum Gasteiger partial charge on any atom is -0.341 e. The zero-order valence-corrected chi connectivity index (χ0v) is 18.6. The number of carbonyl (C=O) groups is 1. The fourth-order valence-electron chi connectivity index (χ4n) is 3.93. The van der Waals surface area contributed by atoms with E-state index in [0.717, 1.165) is 23.4 Å². The van der Waals surface area contributed by atoms with Gasteiger partial charge in [0.25, 0.3) is 0 Å². The summed E-state index contributed by atoms with van der Waals surface area (Å²) < 4.78 is 41.8. The zero-order chi connectivity index (χ0) is 22.7. The average Bonchev–Trinajstić information content (AvgIpc) is 3.28. The van der Waals surface area contributed by atoms with Crippen LogP contribution < -0.4 is 0 Å². The third-order valence-corrected chi connectivity index (χ3v) is 7.62. The quantitative estimate of drug-likeness (QED) is 0.571. The highest BCUT2D eigenvalue weighted by Crippen LogP contribution is 2.25. The van der Waals surface area contributed by atoms with Gasteiger partial charge in [0.2, 0.25) is 15.9 Å². The van der Waals surface area contributed by atoms with E-state index in [0.29, 0.717) is 19.4 Å². The number of hydrogen-bond donors (Lipinski definition) is 0. The Kier molecular flexibility index (Phi) is 6.38. The molecule has 0 unspecified atom stereocenters. The molecule has 1 saturated heterocycles. The van der Waals surface area contributed by atoms with Gasteiger partial charge in [0.05, 0.1) is 16.8 Å². The molecule has 32 heavy (non-hydrogen) atoms. The van der Waals surface area contributed by atoms with E-state index < -0.39 is 15.8 Å². The van der Waals surface area contributed by atoms with E-state index in [1.807, 2.05) is 36.5 Å². The first-order chi connectivity index (χ1) is 15.3. The molecule has 1 fully saturated rings. The number of carbonyl (C=O) groups excluding carboxylic acids is 1. The lowest BCUT2D eigenvalue weighted by Crippen LogP contribution is -2.43. The highest BCUT2D eigenvalue weighted by molar-refractivity contribution is 7.89. The number of amides is 1. The minimum atomic E-state index is -3.69. The molecule has 1 amide bonds. The SMILES string of the molecule is CN(Cc1cnn(-c2ccccc2)c1)C(=O)C1CCN(S(=O)(=O)c2ccc(F)cc2)CC1. The Bertz CT molecular complexity index is 1170. The van der Waals surface area contributed by atoms with Gasteiger partial charge in [-0.1, -0.05) is 18.2 Å². The molecule has 1 aliphatic rings. The number of benzene rings is 2. The summed E-state index contributed by atoms with van der Waals surface area (Å²) in [6, 6.07) is 14.5. The second kappa shape index (κ2) is 9.22.